The number of nitrogens with zero attached hydrogens (tertiary/aromatic N) is 3. The Balaban J connectivity index is 1.64. The first-order valence-corrected chi connectivity index (χ1v) is 12.1. The zero-order valence-electron chi connectivity index (χ0n) is 20.4. The van der Waals surface area contributed by atoms with Crippen LogP contribution in [-0.2, 0) is 11.3 Å². The molecule has 5 rings (SSSR count). The summed E-state index contributed by atoms with van der Waals surface area (Å²) in [5.74, 6) is -1.20. The quantitative estimate of drug-likeness (QED) is 0.337. The van der Waals surface area contributed by atoms with Crippen LogP contribution < -0.4 is 10.9 Å². The van der Waals surface area contributed by atoms with Crippen molar-refractivity contribution in [3.63, 3.8) is 0 Å². The molecule has 3 aromatic carbocycles. The van der Waals surface area contributed by atoms with Gasteiger partial charge in [0, 0.05) is 22.3 Å². The summed E-state index contributed by atoms with van der Waals surface area (Å²) in [7, 11) is 0. The van der Waals surface area contributed by atoms with Gasteiger partial charge in [0.1, 0.15) is 23.9 Å². The van der Waals surface area contributed by atoms with E-state index in [0.29, 0.717) is 12.0 Å². The van der Waals surface area contributed by atoms with E-state index in [1.807, 2.05) is 55.5 Å². The molecular formula is C29H25FN4O3. The molecule has 0 radical (unpaired) electrons. The molecule has 37 heavy (non-hydrogen) atoms. The summed E-state index contributed by atoms with van der Waals surface area (Å²) >= 11 is 0. The Morgan fingerprint density at radius 3 is 2.14 bits per heavy atom. The van der Waals surface area contributed by atoms with Crippen LogP contribution in [0.1, 0.15) is 25.1 Å². The van der Waals surface area contributed by atoms with Crippen molar-refractivity contribution >= 4 is 39.3 Å². The van der Waals surface area contributed by atoms with Gasteiger partial charge in [-0.05, 0) is 42.8 Å². The van der Waals surface area contributed by atoms with Crippen molar-refractivity contribution in [2.45, 2.75) is 26.8 Å². The van der Waals surface area contributed by atoms with Crippen molar-refractivity contribution < 1.29 is 14.0 Å². The normalized spacial score (nSPS) is 12.1. The van der Waals surface area contributed by atoms with Crippen LogP contribution in [-0.4, -0.2) is 25.9 Å². The predicted molar refractivity (Wildman–Crippen MR) is 142 cm³/mol. The third-order valence-electron chi connectivity index (χ3n) is 6.59. The number of aromatic nitrogens is 3. The average Bonchev–Trinajstić information content (AvgIpc) is 3.25. The standard InChI is InChI=1S/C29H25FN4O3/c1-3-18(2)28(36)32-23-16-31-27(19-12-14-20(30)15-13-19)33(29(23)37)17-26(35)34-24-10-6-4-8-21(24)22-9-5-7-11-25(22)34/h4-16,18H,3,17H2,1-2H3,(H,32,36)/t18-/m1/s1. The Morgan fingerprint density at radius 2 is 1.54 bits per heavy atom. The predicted octanol–water partition coefficient (Wildman–Crippen LogP) is 5.48. The first-order chi connectivity index (χ1) is 17.9. The van der Waals surface area contributed by atoms with Crippen LogP contribution in [0.4, 0.5) is 10.1 Å². The molecule has 0 bridgehead atoms. The van der Waals surface area contributed by atoms with E-state index in [2.05, 4.69) is 10.3 Å². The lowest BCUT2D eigenvalue weighted by Crippen LogP contribution is -2.32. The number of halogens is 1. The summed E-state index contributed by atoms with van der Waals surface area (Å²) in [6.07, 6.45) is 1.89. The second-order valence-electron chi connectivity index (χ2n) is 8.96. The van der Waals surface area contributed by atoms with Crippen LogP contribution >= 0.6 is 0 Å². The van der Waals surface area contributed by atoms with Crippen LogP contribution in [0, 0.1) is 11.7 Å². The third kappa shape index (κ3) is 4.42. The maximum atomic E-state index is 13.8. The first-order valence-electron chi connectivity index (χ1n) is 12.1. The maximum Gasteiger partial charge on any atom is 0.278 e. The van der Waals surface area contributed by atoms with E-state index in [-0.39, 0.29) is 35.8 Å². The largest absolute Gasteiger partial charge is 0.320 e. The van der Waals surface area contributed by atoms with E-state index in [4.69, 9.17) is 0 Å². The van der Waals surface area contributed by atoms with E-state index >= 15 is 0 Å². The molecule has 0 saturated carbocycles. The van der Waals surface area contributed by atoms with Gasteiger partial charge in [-0.15, -0.1) is 0 Å². The molecule has 2 aromatic heterocycles. The highest BCUT2D eigenvalue weighted by molar-refractivity contribution is 6.13. The molecule has 0 aliphatic carbocycles. The van der Waals surface area contributed by atoms with Crippen LogP contribution in [0.5, 0.6) is 0 Å². The summed E-state index contributed by atoms with van der Waals surface area (Å²) in [5.41, 5.74) is 1.32. The topological polar surface area (TPSA) is 86.0 Å². The molecule has 0 fully saturated rings. The molecule has 0 saturated heterocycles. The number of hydrogen-bond acceptors (Lipinski definition) is 4. The average molecular weight is 497 g/mol. The van der Waals surface area contributed by atoms with Crippen LogP contribution in [0.3, 0.4) is 0 Å². The smallest absolute Gasteiger partial charge is 0.278 e. The van der Waals surface area contributed by atoms with Crippen molar-refractivity contribution in [1.82, 2.24) is 14.1 Å². The molecule has 8 heteroatoms. The maximum absolute atomic E-state index is 13.8. The van der Waals surface area contributed by atoms with E-state index < -0.39 is 11.4 Å². The molecule has 1 atom stereocenters. The molecule has 1 N–H and O–H groups in total. The van der Waals surface area contributed by atoms with Crippen molar-refractivity contribution in [3.05, 3.63) is 95.2 Å². The number of para-hydroxylation sites is 2. The van der Waals surface area contributed by atoms with Gasteiger partial charge in [0.05, 0.1) is 17.2 Å². The Morgan fingerprint density at radius 1 is 0.946 bits per heavy atom. The Bertz CT molecular complexity index is 1650. The van der Waals surface area contributed by atoms with Crippen molar-refractivity contribution in [1.29, 1.82) is 0 Å². The number of amides is 1. The van der Waals surface area contributed by atoms with Gasteiger partial charge >= 0.3 is 0 Å². The molecule has 0 unspecified atom stereocenters. The highest BCUT2D eigenvalue weighted by atomic mass is 19.1. The minimum atomic E-state index is -0.569. The summed E-state index contributed by atoms with van der Waals surface area (Å²) in [4.78, 5) is 44.3. The van der Waals surface area contributed by atoms with E-state index in [9.17, 15) is 18.8 Å². The number of carbonyl (C=O) groups excluding carboxylic acids is 2. The minimum Gasteiger partial charge on any atom is -0.320 e. The number of hydrogen-bond donors (Lipinski definition) is 1. The van der Waals surface area contributed by atoms with Crippen LogP contribution in [0.15, 0.2) is 83.8 Å². The summed E-state index contributed by atoms with van der Waals surface area (Å²) in [6, 6.07) is 20.7. The third-order valence-corrected chi connectivity index (χ3v) is 6.59. The summed E-state index contributed by atoms with van der Waals surface area (Å²) in [6.45, 7) is 3.30. The molecule has 7 nitrogen and oxygen atoms in total. The van der Waals surface area contributed by atoms with Crippen LogP contribution in [0.2, 0.25) is 0 Å². The second kappa shape index (κ2) is 9.81. The lowest BCUT2D eigenvalue weighted by Gasteiger charge is -2.16. The highest BCUT2D eigenvalue weighted by Gasteiger charge is 2.21. The van der Waals surface area contributed by atoms with Gasteiger partial charge in [0.15, 0.2) is 0 Å². The number of carbonyl (C=O) groups is 2. The lowest BCUT2D eigenvalue weighted by atomic mass is 10.1. The van der Waals surface area contributed by atoms with Gasteiger partial charge in [0.2, 0.25) is 5.91 Å². The second-order valence-corrected chi connectivity index (χ2v) is 8.96. The van der Waals surface area contributed by atoms with Gasteiger partial charge < -0.3 is 5.32 Å². The fraction of sp³-hybridized carbons (Fsp3) is 0.172. The number of rotatable bonds is 6. The summed E-state index contributed by atoms with van der Waals surface area (Å²) in [5, 5.41) is 4.49. The molecule has 0 aliphatic heterocycles. The van der Waals surface area contributed by atoms with Crippen molar-refractivity contribution in [2.24, 2.45) is 5.92 Å². The van der Waals surface area contributed by atoms with E-state index in [1.54, 1.807) is 11.5 Å². The lowest BCUT2D eigenvalue weighted by molar-refractivity contribution is -0.119. The zero-order chi connectivity index (χ0) is 26.1. The molecule has 0 aliphatic rings. The molecular weight excluding hydrogens is 471 g/mol. The summed E-state index contributed by atoms with van der Waals surface area (Å²) < 4.78 is 16.4. The Hall–Kier alpha value is -4.59. The fourth-order valence-electron chi connectivity index (χ4n) is 4.39. The number of benzene rings is 3. The van der Waals surface area contributed by atoms with Gasteiger partial charge in [-0.2, -0.15) is 0 Å². The molecule has 1 amide bonds. The van der Waals surface area contributed by atoms with Gasteiger partial charge in [-0.1, -0.05) is 50.2 Å². The number of fused-ring (bicyclic) bond motifs is 3. The van der Waals surface area contributed by atoms with Gasteiger partial charge in [-0.25, -0.2) is 9.37 Å². The van der Waals surface area contributed by atoms with E-state index in [1.165, 1.54) is 35.0 Å². The minimum absolute atomic E-state index is 0.0221. The fourth-order valence-corrected chi connectivity index (χ4v) is 4.39. The van der Waals surface area contributed by atoms with Crippen LogP contribution in [0.25, 0.3) is 33.2 Å². The van der Waals surface area contributed by atoms with Gasteiger partial charge in [-0.3, -0.25) is 23.5 Å². The molecule has 186 valence electrons. The highest BCUT2D eigenvalue weighted by Crippen LogP contribution is 2.29. The molecule has 5 aromatic rings. The molecule has 0 spiro atoms. The van der Waals surface area contributed by atoms with Gasteiger partial charge in [0.25, 0.3) is 11.5 Å². The number of anilines is 1. The first kappa shape index (κ1) is 24.1. The SMILES string of the molecule is CC[C@@H](C)C(=O)Nc1cnc(-c2ccc(F)cc2)n(CC(=O)n2c3ccccc3c3ccccc32)c1=O. The number of nitrogens with one attached hydrogen (secondary N) is 1. The molecule has 2 heterocycles. The zero-order valence-corrected chi connectivity index (χ0v) is 20.4. The monoisotopic (exact) mass is 496 g/mol. The Kier molecular flexibility index (Phi) is 6.40. The van der Waals surface area contributed by atoms with Crippen molar-refractivity contribution in [2.75, 3.05) is 5.32 Å². The van der Waals surface area contributed by atoms with E-state index in [0.717, 1.165) is 21.8 Å². The van der Waals surface area contributed by atoms with Crippen molar-refractivity contribution in [3.8, 4) is 11.4 Å². The Labute approximate surface area is 212 Å².